The summed E-state index contributed by atoms with van der Waals surface area (Å²) in [5.74, 6) is 0. The summed E-state index contributed by atoms with van der Waals surface area (Å²) in [5.41, 5.74) is 2.35. The van der Waals surface area contributed by atoms with Crippen molar-refractivity contribution in [2.24, 2.45) is 0 Å². The first-order chi connectivity index (χ1) is 9.65. The van der Waals surface area contributed by atoms with Crippen LogP contribution in [0.3, 0.4) is 0 Å². The van der Waals surface area contributed by atoms with Crippen LogP contribution in [-0.4, -0.2) is 37.2 Å². The third kappa shape index (κ3) is 4.53. The summed E-state index contributed by atoms with van der Waals surface area (Å²) in [6, 6.07) is 8.15. The first kappa shape index (κ1) is 14.9. The van der Waals surface area contributed by atoms with Gasteiger partial charge in [-0.1, -0.05) is 29.8 Å². The number of ether oxygens (including phenoxy) is 1. The second-order valence-corrected chi connectivity index (χ2v) is 5.51. The molecule has 0 saturated carbocycles. The predicted molar refractivity (Wildman–Crippen MR) is 79.6 cm³/mol. The lowest BCUT2D eigenvalue weighted by molar-refractivity contribution is 0.00385. The molecule has 1 saturated heterocycles. The normalized spacial score (nSPS) is 18.6. The van der Waals surface area contributed by atoms with Crippen LogP contribution in [0.15, 0.2) is 24.3 Å². The van der Waals surface area contributed by atoms with Crippen molar-refractivity contribution >= 4 is 6.03 Å². The second-order valence-electron chi connectivity index (χ2n) is 5.51. The fourth-order valence-corrected chi connectivity index (χ4v) is 2.36. The number of benzene rings is 1. The molecule has 1 aliphatic heterocycles. The molecule has 20 heavy (non-hydrogen) atoms. The van der Waals surface area contributed by atoms with Crippen LogP contribution in [0.5, 0.6) is 0 Å². The molecule has 2 amide bonds. The first-order valence-electron chi connectivity index (χ1n) is 7.31. The van der Waals surface area contributed by atoms with Gasteiger partial charge in [0.05, 0.1) is 6.10 Å². The number of carbonyl (C=O) groups excluding carboxylic acids is 1. The lowest BCUT2D eigenvalue weighted by Crippen LogP contribution is -2.42. The molecule has 1 N–H and O–H groups in total. The highest BCUT2D eigenvalue weighted by Crippen LogP contribution is 2.13. The molecule has 110 valence electrons. The molecular formula is C16H24N2O2. The van der Waals surface area contributed by atoms with Gasteiger partial charge in [-0.25, -0.2) is 4.79 Å². The van der Waals surface area contributed by atoms with Crippen LogP contribution < -0.4 is 5.32 Å². The van der Waals surface area contributed by atoms with Crippen molar-refractivity contribution in [3.63, 3.8) is 0 Å². The van der Waals surface area contributed by atoms with Crippen molar-refractivity contribution < 1.29 is 9.53 Å². The summed E-state index contributed by atoms with van der Waals surface area (Å²) < 4.78 is 5.65. The van der Waals surface area contributed by atoms with E-state index in [0.717, 1.165) is 25.0 Å². The molecular weight excluding hydrogens is 252 g/mol. The van der Waals surface area contributed by atoms with Gasteiger partial charge < -0.3 is 15.0 Å². The Labute approximate surface area is 121 Å². The molecule has 1 aromatic rings. The van der Waals surface area contributed by atoms with E-state index in [1.807, 2.05) is 19.2 Å². The van der Waals surface area contributed by atoms with Gasteiger partial charge in [-0.2, -0.15) is 0 Å². The third-order valence-corrected chi connectivity index (χ3v) is 3.66. The molecule has 1 atom stereocenters. The zero-order chi connectivity index (χ0) is 14.4. The highest BCUT2D eigenvalue weighted by Gasteiger charge is 2.18. The number of likely N-dealkylation sites (N-methyl/N-ethyl adjacent to an activating group) is 1. The molecule has 0 aliphatic carbocycles. The SMILES string of the molecule is Cc1ccc(CNC(=O)N(C)C[C@H]2CCCCO2)cc1. The minimum atomic E-state index is -0.0419. The van der Waals surface area contributed by atoms with Gasteiger partial charge in [0.1, 0.15) is 0 Å². The Kier molecular flexibility index (Phi) is 5.41. The maximum absolute atomic E-state index is 12.0. The van der Waals surface area contributed by atoms with E-state index in [-0.39, 0.29) is 12.1 Å². The molecule has 1 aliphatic rings. The van der Waals surface area contributed by atoms with Crippen molar-refractivity contribution in [3.8, 4) is 0 Å². The zero-order valence-electron chi connectivity index (χ0n) is 12.4. The number of hydrogen-bond donors (Lipinski definition) is 1. The van der Waals surface area contributed by atoms with Crippen LogP contribution in [0, 0.1) is 6.92 Å². The van der Waals surface area contributed by atoms with E-state index in [9.17, 15) is 4.79 Å². The molecule has 0 unspecified atom stereocenters. The summed E-state index contributed by atoms with van der Waals surface area (Å²) in [6.07, 6.45) is 3.58. The molecule has 0 bridgehead atoms. The summed E-state index contributed by atoms with van der Waals surface area (Å²) in [5, 5.41) is 2.94. The van der Waals surface area contributed by atoms with E-state index in [2.05, 4.69) is 24.4 Å². The van der Waals surface area contributed by atoms with E-state index in [1.54, 1.807) is 4.90 Å². The molecule has 4 nitrogen and oxygen atoms in total. The molecule has 4 heteroatoms. The van der Waals surface area contributed by atoms with Gasteiger partial charge in [0.15, 0.2) is 0 Å². The van der Waals surface area contributed by atoms with E-state index in [0.29, 0.717) is 13.1 Å². The standard InChI is InChI=1S/C16H24N2O2/c1-13-6-8-14(9-7-13)11-17-16(19)18(2)12-15-5-3-4-10-20-15/h6-9,15H,3-5,10-12H2,1-2H3,(H,17,19)/t15-/m1/s1. The van der Waals surface area contributed by atoms with E-state index in [1.165, 1.54) is 12.0 Å². The Morgan fingerprint density at radius 3 is 2.75 bits per heavy atom. The summed E-state index contributed by atoms with van der Waals surface area (Å²) in [7, 11) is 1.82. The number of rotatable bonds is 4. The van der Waals surface area contributed by atoms with E-state index < -0.39 is 0 Å². The highest BCUT2D eigenvalue weighted by atomic mass is 16.5. The van der Waals surface area contributed by atoms with Gasteiger partial charge >= 0.3 is 6.03 Å². The minimum absolute atomic E-state index is 0.0419. The molecule has 1 fully saturated rings. The number of nitrogens with one attached hydrogen (secondary N) is 1. The molecule has 0 spiro atoms. The first-order valence-corrected chi connectivity index (χ1v) is 7.31. The highest BCUT2D eigenvalue weighted by molar-refractivity contribution is 5.73. The Bertz CT molecular complexity index is 425. The zero-order valence-corrected chi connectivity index (χ0v) is 12.4. The molecule has 2 rings (SSSR count). The van der Waals surface area contributed by atoms with Gasteiger partial charge in [0.25, 0.3) is 0 Å². The quantitative estimate of drug-likeness (QED) is 0.918. The van der Waals surface area contributed by atoms with E-state index in [4.69, 9.17) is 4.74 Å². The average Bonchev–Trinajstić information content (AvgIpc) is 2.47. The predicted octanol–water partition coefficient (Wildman–Crippen LogP) is 2.71. The van der Waals surface area contributed by atoms with Crippen molar-refractivity contribution in [3.05, 3.63) is 35.4 Å². The van der Waals surface area contributed by atoms with Crippen molar-refractivity contribution in [2.75, 3.05) is 20.2 Å². The van der Waals surface area contributed by atoms with Crippen LogP contribution >= 0.6 is 0 Å². The van der Waals surface area contributed by atoms with Gasteiger partial charge in [-0.15, -0.1) is 0 Å². The largest absolute Gasteiger partial charge is 0.376 e. The van der Waals surface area contributed by atoms with Crippen molar-refractivity contribution in [2.45, 2.75) is 38.8 Å². The number of carbonyl (C=O) groups is 1. The smallest absolute Gasteiger partial charge is 0.317 e. The number of amides is 2. The summed E-state index contributed by atoms with van der Waals surface area (Å²) in [4.78, 5) is 13.7. The van der Waals surface area contributed by atoms with Crippen LogP contribution in [0.1, 0.15) is 30.4 Å². The lowest BCUT2D eigenvalue weighted by Gasteiger charge is -2.27. The molecule has 1 heterocycles. The van der Waals surface area contributed by atoms with Gasteiger partial charge in [0.2, 0.25) is 0 Å². The number of nitrogens with zero attached hydrogens (tertiary/aromatic N) is 1. The van der Waals surface area contributed by atoms with Gasteiger partial charge in [-0.3, -0.25) is 0 Å². The lowest BCUT2D eigenvalue weighted by atomic mass is 10.1. The minimum Gasteiger partial charge on any atom is -0.376 e. The Morgan fingerprint density at radius 2 is 2.10 bits per heavy atom. The maximum atomic E-state index is 12.0. The fraction of sp³-hybridized carbons (Fsp3) is 0.562. The van der Waals surface area contributed by atoms with Crippen LogP contribution in [0.2, 0.25) is 0 Å². The molecule has 1 aromatic carbocycles. The van der Waals surface area contributed by atoms with Crippen LogP contribution in [-0.2, 0) is 11.3 Å². The van der Waals surface area contributed by atoms with E-state index >= 15 is 0 Å². The third-order valence-electron chi connectivity index (χ3n) is 3.66. The van der Waals surface area contributed by atoms with Crippen molar-refractivity contribution in [1.82, 2.24) is 10.2 Å². The second kappa shape index (κ2) is 7.29. The number of aryl methyl sites for hydroxylation is 1. The Morgan fingerprint density at radius 1 is 1.35 bits per heavy atom. The van der Waals surface area contributed by atoms with Crippen LogP contribution in [0.4, 0.5) is 4.79 Å². The molecule has 0 radical (unpaired) electrons. The molecule has 0 aromatic heterocycles. The average molecular weight is 276 g/mol. The number of urea groups is 1. The van der Waals surface area contributed by atoms with Gasteiger partial charge in [0, 0.05) is 26.7 Å². The fourth-order valence-electron chi connectivity index (χ4n) is 2.36. The van der Waals surface area contributed by atoms with Gasteiger partial charge in [-0.05, 0) is 31.7 Å². The van der Waals surface area contributed by atoms with Crippen molar-refractivity contribution in [1.29, 1.82) is 0 Å². The summed E-state index contributed by atoms with van der Waals surface area (Å²) in [6.45, 7) is 4.11. The maximum Gasteiger partial charge on any atom is 0.317 e. The summed E-state index contributed by atoms with van der Waals surface area (Å²) >= 11 is 0. The topological polar surface area (TPSA) is 41.6 Å². The Balaban J connectivity index is 1.74. The monoisotopic (exact) mass is 276 g/mol. The number of hydrogen-bond acceptors (Lipinski definition) is 2. The Hall–Kier alpha value is -1.55. The van der Waals surface area contributed by atoms with Crippen LogP contribution in [0.25, 0.3) is 0 Å².